The van der Waals surface area contributed by atoms with Gasteiger partial charge in [0.1, 0.15) is 6.04 Å². The number of imide groups is 1. The van der Waals surface area contributed by atoms with Crippen molar-refractivity contribution < 1.29 is 32.7 Å². The van der Waals surface area contributed by atoms with Gasteiger partial charge in [-0.3, -0.25) is 4.79 Å². The number of anilines is 1. The number of alkyl halides is 3. The van der Waals surface area contributed by atoms with Gasteiger partial charge in [-0.2, -0.15) is 13.2 Å². The predicted molar refractivity (Wildman–Crippen MR) is 76.9 cm³/mol. The molecule has 1 aromatic carbocycles. The largest absolute Gasteiger partial charge is 0.465 e. The van der Waals surface area contributed by atoms with Crippen LogP contribution in [0.4, 0.5) is 28.4 Å². The van der Waals surface area contributed by atoms with Crippen LogP contribution in [0.2, 0.25) is 0 Å². The smallest absolute Gasteiger partial charge is 0.416 e. The van der Waals surface area contributed by atoms with Gasteiger partial charge >= 0.3 is 18.3 Å². The van der Waals surface area contributed by atoms with Crippen LogP contribution in [-0.2, 0) is 11.0 Å². The molecule has 3 heterocycles. The van der Waals surface area contributed by atoms with Gasteiger partial charge in [-0.05, 0) is 24.6 Å². The zero-order valence-corrected chi connectivity index (χ0v) is 12.6. The first-order chi connectivity index (χ1) is 11.7. The highest BCUT2D eigenvalue weighted by Gasteiger charge is 2.63. The van der Waals surface area contributed by atoms with E-state index in [4.69, 9.17) is 0 Å². The van der Waals surface area contributed by atoms with Crippen molar-refractivity contribution in [2.24, 2.45) is 0 Å². The Morgan fingerprint density at radius 2 is 1.96 bits per heavy atom. The van der Waals surface area contributed by atoms with Crippen molar-refractivity contribution >= 4 is 23.7 Å². The molecule has 4 amide bonds. The summed E-state index contributed by atoms with van der Waals surface area (Å²) in [5.74, 6) is -0.692. The van der Waals surface area contributed by atoms with Crippen LogP contribution in [0, 0.1) is 0 Å². The zero-order chi connectivity index (χ0) is 18.1. The molecule has 0 aromatic heterocycles. The maximum absolute atomic E-state index is 12.9. The highest BCUT2D eigenvalue weighted by Crippen LogP contribution is 2.42. The summed E-state index contributed by atoms with van der Waals surface area (Å²) in [6.45, 7) is 0.103. The number of fused-ring (bicyclic) bond motifs is 5. The van der Waals surface area contributed by atoms with Gasteiger partial charge in [0.05, 0.1) is 23.3 Å². The number of rotatable bonds is 1. The molecular formula is C15H12F3N3O4. The Kier molecular flexibility index (Phi) is 3.06. The Labute approximate surface area is 139 Å². The molecule has 10 heteroatoms. The summed E-state index contributed by atoms with van der Waals surface area (Å²) in [5, 5.41) is 9.19. The molecular weight excluding hydrogens is 343 g/mol. The van der Waals surface area contributed by atoms with Crippen molar-refractivity contribution in [1.82, 2.24) is 9.80 Å². The second kappa shape index (κ2) is 4.87. The maximum Gasteiger partial charge on any atom is 0.416 e. The molecule has 0 unspecified atom stereocenters. The molecule has 4 rings (SSSR count). The number of hydrogen-bond acceptors (Lipinski definition) is 3. The Balaban J connectivity index is 1.70. The van der Waals surface area contributed by atoms with Gasteiger partial charge in [0.25, 0.3) is 5.91 Å². The van der Waals surface area contributed by atoms with Crippen LogP contribution in [-0.4, -0.2) is 57.6 Å². The Morgan fingerprint density at radius 1 is 1.24 bits per heavy atom. The third-order valence-corrected chi connectivity index (χ3v) is 4.94. The summed E-state index contributed by atoms with van der Waals surface area (Å²) < 4.78 is 38.6. The summed E-state index contributed by atoms with van der Waals surface area (Å²) in [6.07, 6.45) is -5.41. The van der Waals surface area contributed by atoms with E-state index in [2.05, 4.69) is 0 Å². The maximum atomic E-state index is 12.9. The standard InChI is InChI=1S/C15H12F3N3O4/c16-15(17,18)7-2-1-3-8(4-7)21-12(22)11-10-5-9(20(11)13(21)23)6-19(10)14(24)25/h1-4,9-11H,5-6H2,(H,24,25)/t9-,10-,11-/m0/s1. The molecule has 1 N–H and O–H groups in total. The van der Waals surface area contributed by atoms with Crippen LogP contribution in [0.25, 0.3) is 0 Å². The third kappa shape index (κ3) is 2.09. The van der Waals surface area contributed by atoms with Gasteiger partial charge in [0.15, 0.2) is 0 Å². The van der Waals surface area contributed by atoms with E-state index in [0.29, 0.717) is 11.3 Å². The van der Waals surface area contributed by atoms with Crippen LogP contribution in [0.15, 0.2) is 24.3 Å². The van der Waals surface area contributed by atoms with Gasteiger partial charge in [-0.25, -0.2) is 14.5 Å². The molecule has 3 fully saturated rings. The van der Waals surface area contributed by atoms with E-state index in [-0.39, 0.29) is 12.2 Å². The van der Waals surface area contributed by atoms with Gasteiger partial charge in [-0.1, -0.05) is 6.07 Å². The minimum Gasteiger partial charge on any atom is -0.465 e. The number of carbonyl (C=O) groups is 3. The van der Waals surface area contributed by atoms with E-state index in [0.717, 1.165) is 23.1 Å². The number of likely N-dealkylation sites (tertiary alicyclic amines) is 1. The minimum atomic E-state index is -4.60. The van der Waals surface area contributed by atoms with Crippen molar-refractivity contribution in [3.63, 3.8) is 0 Å². The van der Waals surface area contributed by atoms with Crippen LogP contribution in [0.5, 0.6) is 0 Å². The lowest BCUT2D eigenvalue weighted by molar-refractivity contribution is -0.137. The van der Waals surface area contributed by atoms with Crippen molar-refractivity contribution in [2.75, 3.05) is 11.4 Å². The van der Waals surface area contributed by atoms with E-state index in [1.807, 2.05) is 0 Å². The van der Waals surface area contributed by atoms with Crippen LogP contribution in [0.1, 0.15) is 12.0 Å². The second-order valence-electron chi connectivity index (χ2n) is 6.25. The van der Waals surface area contributed by atoms with E-state index in [9.17, 15) is 32.7 Å². The molecule has 3 saturated heterocycles. The van der Waals surface area contributed by atoms with E-state index in [1.165, 1.54) is 11.0 Å². The number of benzene rings is 1. The number of amides is 4. The molecule has 3 aliphatic heterocycles. The minimum absolute atomic E-state index is 0.103. The number of carboxylic acid groups (broad SMARTS) is 1. The molecule has 3 atom stereocenters. The number of hydrogen-bond donors (Lipinski definition) is 1. The molecule has 25 heavy (non-hydrogen) atoms. The first kappa shape index (κ1) is 15.7. The molecule has 0 aliphatic carbocycles. The summed E-state index contributed by atoms with van der Waals surface area (Å²) in [7, 11) is 0. The monoisotopic (exact) mass is 355 g/mol. The average molecular weight is 355 g/mol. The number of piperazine rings is 1. The molecule has 2 bridgehead atoms. The van der Waals surface area contributed by atoms with Crippen LogP contribution in [0.3, 0.4) is 0 Å². The Bertz CT molecular complexity index is 796. The average Bonchev–Trinajstić information content (AvgIpc) is 3.18. The Hall–Kier alpha value is -2.78. The molecule has 0 spiro atoms. The van der Waals surface area contributed by atoms with Crippen LogP contribution < -0.4 is 4.90 Å². The summed E-state index contributed by atoms with van der Waals surface area (Å²) in [5.41, 5.74) is -1.13. The highest BCUT2D eigenvalue weighted by molar-refractivity contribution is 6.22. The second-order valence-corrected chi connectivity index (χ2v) is 6.25. The van der Waals surface area contributed by atoms with Gasteiger partial charge < -0.3 is 14.9 Å². The first-order valence-electron chi connectivity index (χ1n) is 7.53. The van der Waals surface area contributed by atoms with Crippen molar-refractivity contribution in [3.8, 4) is 0 Å². The molecule has 132 valence electrons. The summed E-state index contributed by atoms with van der Waals surface area (Å²) >= 11 is 0. The predicted octanol–water partition coefficient (Wildman–Crippen LogP) is 1.98. The van der Waals surface area contributed by atoms with Crippen LogP contribution >= 0.6 is 0 Å². The highest BCUT2D eigenvalue weighted by atomic mass is 19.4. The summed E-state index contributed by atoms with van der Waals surface area (Å²) in [4.78, 5) is 39.7. The van der Waals surface area contributed by atoms with Gasteiger partial charge in [0.2, 0.25) is 0 Å². The molecule has 1 aromatic rings. The van der Waals surface area contributed by atoms with Gasteiger partial charge in [-0.15, -0.1) is 0 Å². The SMILES string of the molecule is O=C1[C@@H]2[C@@H]3C[C@@H](CN3C(=O)O)N2C(=O)N1c1cccc(C(F)(F)F)c1. The fourth-order valence-electron chi connectivity index (χ4n) is 3.94. The molecule has 0 radical (unpaired) electrons. The zero-order valence-electron chi connectivity index (χ0n) is 12.6. The van der Waals surface area contributed by atoms with E-state index in [1.54, 1.807) is 0 Å². The van der Waals surface area contributed by atoms with Gasteiger partial charge in [0, 0.05) is 6.54 Å². The molecule has 0 saturated carbocycles. The number of urea groups is 1. The van der Waals surface area contributed by atoms with Crippen molar-refractivity contribution in [3.05, 3.63) is 29.8 Å². The normalized spacial score (nSPS) is 28.1. The van der Waals surface area contributed by atoms with E-state index < -0.39 is 47.9 Å². The molecule has 3 aliphatic rings. The first-order valence-corrected chi connectivity index (χ1v) is 7.53. The van der Waals surface area contributed by atoms with E-state index >= 15 is 0 Å². The lowest BCUT2D eigenvalue weighted by Crippen LogP contribution is -2.54. The lowest BCUT2D eigenvalue weighted by Gasteiger charge is -2.32. The van der Waals surface area contributed by atoms with Crippen molar-refractivity contribution in [2.45, 2.75) is 30.7 Å². The topological polar surface area (TPSA) is 81.2 Å². The fourth-order valence-corrected chi connectivity index (χ4v) is 3.94. The number of halogens is 3. The third-order valence-electron chi connectivity index (χ3n) is 4.94. The quantitative estimate of drug-likeness (QED) is 0.781. The Morgan fingerprint density at radius 3 is 2.60 bits per heavy atom. The number of nitrogens with zero attached hydrogens (tertiary/aromatic N) is 3. The molecule has 7 nitrogen and oxygen atoms in total. The van der Waals surface area contributed by atoms with Crippen molar-refractivity contribution in [1.29, 1.82) is 0 Å². The lowest BCUT2D eigenvalue weighted by atomic mass is 10.1. The number of carbonyl (C=O) groups excluding carboxylic acids is 2. The fraction of sp³-hybridized carbons (Fsp3) is 0.400. The summed E-state index contributed by atoms with van der Waals surface area (Å²) in [6, 6.07) is 1.21.